The van der Waals surface area contributed by atoms with Crippen LogP contribution in [-0.2, 0) is 15.1 Å². The molecule has 0 aliphatic carbocycles. The van der Waals surface area contributed by atoms with Crippen molar-refractivity contribution in [1.29, 1.82) is 0 Å². The number of benzene rings is 1. The van der Waals surface area contributed by atoms with Crippen LogP contribution in [0.4, 0.5) is 0 Å². The lowest BCUT2D eigenvalue weighted by Gasteiger charge is -2.40. The largest absolute Gasteiger partial charge is 0.477 e. The van der Waals surface area contributed by atoms with Gasteiger partial charge in [-0.15, -0.1) is 11.3 Å². The molecule has 1 aliphatic rings. The smallest absolute Gasteiger partial charge is 0.342 e. The van der Waals surface area contributed by atoms with Crippen molar-refractivity contribution in [3.8, 4) is 5.75 Å². The molecule has 0 unspecified atom stereocenters. The van der Waals surface area contributed by atoms with Gasteiger partial charge in [-0.05, 0) is 39.0 Å². The fraction of sp³-hybridized carbons (Fsp3) is 0.368. The molecule has 6 nitrogen and oxygen atoms in total. The summed E-state index contributed by atoms with van der Waals surface area (Å²) in [7, 11) is 0. The molecule has 7 heteroatoms. The molecule has 3 heterocycles. The highest BCUT2D eigenvalue weighted by Crippen LogP contribution is 2.39. The molecule has 136 valence electrons. The van der Waals surface area contributed by atoms with E-state index in [0.717, 1.165) is 9.88 Å². The third kappa shape index (κ3) is 2.77. The van der Waals surface area contributed by atoms with Gasteiger partial charge in [0.15, 0.2) is 5.60 Å². The van der Waals surface area contributed by atoms with Crippen LogP contribution in [0.2, 0.25) is 0 Å². The molecule has 1 aromatic carbocycles. The van der Waals surface area contributed by atoms with E-state index in [0.29, 0.717) is 47.9 Å². The van der Waals surface area contributed by atoms with Gasteiger partial charge in [-0.2, -0.15) is 0 Å². The van der Waals surface area contributed by atoms with Crippen LogP contribution < -0.4 is 4.74 Å². The lowest BCUT2D eigenvalue weighted by Crippen LogP contribution is -2.51. The lowest BCUT2D eigenvalue weighted by molar-refractivity contribution is -0.165. The number of carbonyl (C=O) groups excluding carboxylic acids is 1. The summed E-state index contributed by atoms with van der Waals surface area (Å²) in [5.41, 5.74) is 0.549. The molecule has 0 spiro atoms. The maximum Gasteiger partial charge on any atom is 0.342 e. The van der Waals surface area contributed by atoms with Crippen LogP contribution in [0.15, 0.2) is 28.8 Å². The van der Waals surface area contributed by atoms with Gasteiger partial charge < -0.3 is 18.6 Å². The topological polar surface area (TPSA) is 70.8 Å². The van der Waals surface area contributed by atoms with Crippen LogP contribution in [-0.4, -0.2) is 30.8 Å². The van der Waals surface area contributed by atoms with Gasteiger partial charge in [0.25, 0.3) is 0 Å². The molecule has 0 radical (unpaired) electrons. The van der Waals surface area contributed by atoms with E-state index in [4.69, 9.17) is 18.6 Å². The minimum atomic E-state index is -0.525. The number of carbonyl (C=O) groups is 1. The summed E-state index contributed by atoms with van der Waals surface area (Å²) in [6, 6.07) is 5.48. The van der Waals surface area contributed by atoms with E-state index in [2.05, 4.69) is 4.98 Å². The van der Waals surface area contributed by atoms with E-state index in [9.17, 15) is 4.79 Å². The van der Waals surface area contributed by atoms with E-state index < -0.39 is 5.60 Å². The number of fused-ring (bicyclic) bond motifs is 1. The Kier molecular flexibility index (Phi) is 4.20. The van der Waals surface area contributed by atoms with Crippen LogP contribution in [0.1, 0.15) is 32.9 Å². The molecular weight excluding hydrogens is 354 g/mol. The van der Waals surface area contributed by atoms with E-state index in [1.165, 1.54) is 0 Å². The van der Waals surface area contributed by atoms with Gasteiger partial charge in [0.1, 0.15) is 22.7 Å². The molecule has 0 N–H and O–H groups in total. The Bertz CT molecular complexity index is 970. The van der Waals surface area contributed by atoms with Crippen molar-refractivity contribution < 1.29 is 23.4 Å². The number of rotatable bonds is 5. The molecule has 26 heavy (non-hydrogen) atoms. The Morgan fingerprint density at radius 1 is 1.35 bits per heavy atom. The van der Waals surface area contributed by atoms with E-state index in [-0.39, 0.29) is 5.97 Å². The fourth-order valence-corrected chi connectivity index (χ4v) is 3.93. The second-order valence-corrected chi connectivity index (χ2v) is 7.48. The SMILES string of the molecule is CCOC(=O)c1c(C)oc2ccc(OC3(c4cnc(C)s4)COC3)cc12. The number of thiazole rings is 1. The van der Waals surface area contributed by atoms with Gasteiger partial charge in [0.2, 0.25) is 0 Å². The number of nitrogens with zero attached hydrogens (tertiary/aromatic N) is 1. The van der Waals surface area contributed by atoms with Crippen LogP contribution in [0.5, 0.6) is 5.75 Å². The van der Waals surface area contributed by atoms with Crippen LogP contribution in [0.25, 0.3) is 11.0 Å². The summed E-state index contributed by atoms with van der Waals surface area (Å²) in [6.07, 6.45) is 1.84. The normalized spacial score (nSPS) is 15.7. The highest BCUT2D eigenvalue weighted by atomic mass is 32.1. The Morgan fingerprint density at radius 2 is 2.15 bits per heavy atom. The van der Waals surface area contributed by atoms with Gasteiger partial charge in [-0.1, -0.05) is 0 Å². The van der Waals surface area contributed by atoms with Crippen molar-refractivity contribution in [2.75, 3.05) is 19.8 Å². The van der Waals surface area contributed by atoms with E-state index in [1.807, 2.05) is 31.3 Å². The zero-order valence-corrected chi connectivity index (χ0v) is 15.6. The molecule has 1 aliphatic heterocycles. The van der Waals surface area contributed by atoms with E-state index in [1.54, 1.807) is 25.2 Å². The highest BCUT2D eigenvalue weighted by Gasteiger charge is 2.45. The van der Waals surface area contributed by atoms with Crippen molar-refractivity contribution in [1.82, 2.24) is 4.98 Å². The molecular formula is C19H19NO5S. The van der Waals surface area contributed by atoms with Crippen molar-refractivity contribution >= 4 is 28.3 Å². The number of hydrogen-bond acceptors (Lipinski definition) is 7. The van der Waals surface area contributed by atoms with Crippen LogP contribution >= 0.6 is 11.3 Å². The lowest BCUT2D eigenvalue weighted by atomic mass is 10.0. The molecule has 4 rings (SSSR count). The van der Waals surface area contributed by atoms with Crippen LogP contribution in [0.3, 0.4) is 0 Å². The zero-order valence-electron chi connectivity index (χ0n) is 14.8. The highest BCUT2D eigenvalue weighted by molar-refractivity contribution is 7.11. The average molecular weight is 373 g/mol. The molecule has 2 aromatic heterocycles. The van der Waals surface area contributed by atoms with Gasteiger partial charge in [0.05, 0.1) is 29.7 Å². The van der Waals surface area contributed by atoms with Crippen LogP contribution in [0, 0.1) is 13.8 Å². The zero-order chi connectivity index (χ0) is 18.3. The molecule has 3 aromatic rings. The van der Waals surface area contributed by atoms with Gasteiger partial charge in [0, 0.05) is 11.6 Å². The average Bonchev–Trinajstić information content (AvgIpc) is 3.13. The standard InChI is InChI=1S/C19H19NO5S/c1-4-23-18(21)17-11(2)24-15-6-5-13(7-14(15)17)25-19(9-22-10-19)16-8-20-12(3)26-16/h5-8H,4,9-10H2,1-3H3. The first-order valence-electron chi connectivity index (χ1n) is 8.42. The van der Waals surface area contributed by atoms with E-state index >= 15 is 0 Å². The molecule has 1 saturated heterocycles. The minimum Gasteiger partial charge on any atom is -0.477 e. The first-order valence-corrected chi connectivity index (χ1v) is 9.24. The van der Waals surface area contributed by atoms with Gasteiger partial charge in [-0.25, -0.2) is 9.78 Å². The minimum absolute atomic E-state index is 0.312. The van der Waals surface area contributed by atoms with Crippen molar-refractivity contribution in [3.63, 3.8) is 0 Å². The Balaban J connectivity index is 1.71. The number of furan rings is 1. The molecule has 0 saturated carbocycles. The van der Waals surface area contributed by atoms with Crippen molar-refractivity contribution in [3.05, 3.63) is 45.6 Å². The summed E-state index contributed by atoms with van der Waals surface area (Å²) < 4.78 is 22.6. The Labute approximate surface area is 154 Å². The molecule has 0 amide bonds. The Hall–Kier alpha value is -2.38. The second kappa shape index (κ2) is 6.41. The first-order chi connectivity index (χ1) is 12.5. The monoisotopic (exact) mass is 373 g/mol. The number of hydrogen-bond donors (Lipinski definition) is 0. The maximum atomic E-state index is 12.3. The predicted molar refractivity (Wildman–Crippen MR) is 96.9 cm³/mol. The molecule has 0 bridgehead atoms. The predicted octanol–water partition coefficient (Wildman–Crippen LogP) is 3.99. The summed E-state index contributed by atoms with van der Waals surface area (Å²) in [5, 5.41) is 1.68. The van der Waals surface area contributed by atoms with Gasteiger partial charge >= 0.3 is 5.97 Å². The molecule has 0 atom stereocenters. The number of aromatic nitrogens is 1. The van der Waals surface area contributed by atoms with Crippen molar-refractivity contribution in [2.24, 2.45) is 0 Å². The maximum absolute atomic E-state index is 12.3. The number of aryl methyl sites for hydroxylation is 2. The first kappa shape index (κ1) is 17.1. The Morgan fingerprint density at radius 3 is 2.77 bits per heavy atom. The third-order valence-corrected chi connectivity index (χ3v) is 5.47. The van der Waals surface area contributed by atoms with Crippen molar-refractivity contribution in [2.45, 2.75) is 26.4 Å². The summed E-state index contributed by atoms with van der Waals surface area (Å²) >= 11 is 1.60. The fourth-order valence-electron chi connectivity index (χ4n) is 3.06. The summed E-state index contributed by atoms with van der Waals surface area (Å²) in [4.78, 5) is 17.6. The molecule has 1 fully saturated rings. The summed E-state index contributed by atoms with van der Waals surface area (Å²) in [5.74, 6) is 0.800. The summed E-state index contributed by atoms with van der Waals surface area (Å²) in [6.45, 7) is 6.76. The number of esters is 1. The number of ether oxygens (including phenoxy) is 3. The quantitative estimate of drug-likeness (QED) is 0.630. The second-order valence-electron chi connectivity index (χ2n) is 6.24. The third-order valence-electron chi connectivity index (χ3n) is 4.37. The van der Waals surface area contributed by atoms with Gasteiger partial charge in [-0.3, -0.25) is 0 Å².